The molecule has 5 N–H and O–H groups in total. The number of nitrogens with one attached hydrogen (secondary N) is 4. The smallest absolute Gasteiger partial charge is 0.369 e. The molecule has 3 aromatic rings. The highest BCUT2D eigenvalue weighted by Crippen LogP contribution is 2.43. The summed E-state index contributed by atoms with van der Waals surface area (Å²) in [6.07, 6.45) is 5.23. The van der Waals surface area contributed by atoms with Crippen LogP contribution < -0.4 is 30.3 Å². The van der Waals surface area contributed by atoms with Crippen LogP contribution in [-0.4, -0.2) is 53.8 Å². The molecule has 13 nitrogen and oxygen atoms in total. The number of fused-ring (bicyclic) bond motifs is 1. The van der Waals surface area contributed by atoms with Crippen molar-refractivity contribution in [3.8, 4) is 17.2 Å². The Hall–Kier alpha value is -3.90. The first-order valence-corrected chi connectivity index (χ1v) is 15.6. The fourth-order valence-corrected chi connectivity index (χ4v) is 5.89. The number of ether oxygens (including phenoxy) is 2. The van der Waals surface area contributed by atoms with Gasteiger partial charge in [-0.05, 0) is 62.8 Å². The number of carbonyl (C=O) groups is 3. The van der Waals surface area contributed by atoms with E-state index in [9.17, 15) is 24.1 Å². The second-order valence-electron chi connectivity index (χ2n) is 10.4. The minimum atomic E-state index is -4.13. The standard InChI is InChI=1S/C28H31ClN5O8P/c1-15(27(36)37)33-43(39,41-14-16-3-4-16)34-26(35)20-12-19-23(13-25(20)40-2)30-10-9-24(19)42-18-7-8-22(21(29)11-18)32-28(38)31-17-5-6-17/h7-13,15-17H,3-6,14H2,1-2H3,(H,36,37)(H2,31,32,38)(H2,33,34,35,39). The van der Waals surface area contributed by atoms with Crippen LogP contribution in [0.1, 0.15) is 43.0 Å². The van der Waals surface area contributed by atoms with Crippen molar-refractivity contribution in [1.29, 1.82) is 0 Å². The number of halogens is 1. The Morgan fingerprint density at radius 3 is 2.53 bits per heavy atom. The second kappa shape index (κ2) is 12.8. The molecule has 0 bridgehead atoms. The lowest BCUT2D eigenvalue weighted by Crippen LogP contribution is -2.38. The van der Waals surface area contributed by atoms with Crippen LogP contribution in [0.4, 0.5) is 10.5 Å². The Morgan fingerprint density at radius 2 is 1.88 bits per heavy atom. The second-order valence-corrected chi connectivity index (χ2v) is 12.7. The van der Waals surface area contributed by atoms with Crippen molar-refractivity contribution in [3.63, 3.8) is 0 Å². The fourth-order valence-electron chi connectivity index (χ4n) is 4.04. The van der Waals surface area contributed by atoms with E-state index in [2.05, 4.69) is 25.8 Å². The van der Waals surface area contributed by atoms with E-state index in [0.717, 1.165) is 25.7 Å². The quantitative estimate of drug-likeness (QED) is 0.156. The van der Waals surface area contributed by atoms with E-state index in [0.29, 0.717) is 28.1 Å². The first-order valence-electron chi connectivity index (χ1n) is 13.6. The summed E-state index contributed by atoms with van der Waals surface area (Å²) in [6.45, 7) is 1.40. The number of anilines is 1. The number of hydrogen-bond acceptors (Lipinski definition) is 8. The van der Waals surface area contributed by atoms with Crippen LogP contribution in [0.2, 0.25) is 5.02 Å². The van der Waals surface area contributed by atoms with Crippen molar-refractivity contribution >= 4 is 53.8 Å². The summed E-state index contributed by atoms with van der Waals surface area (Å²) < 4.78 is 30.6. The zero-order valence-corrected chi connectivity index (χ0v) is 25.0. The SMILES string of the molecule is COc1cc2nccc(Oc3ccc(NC(=O)NC4CC4)c(Cl)c3)c2cc1C(=O)NP(=O)(NC(C)C(=O)O)OCC1CC1. The molecule has 43 heavy (non-hydrogen) atoms. The Balaban J connectivity index is 1.39. The average Bonchev–Trinajstić information content (AvgIpc) is 3.89. The van der Waals surface area contributed by atoms with Crippen LogP contribution in [0.15, 0.2) is 42.6 Å². The third-order valence-electron chi connectivity index (χ3n) is 6.77. The molecule has 0 aliphatic heterocycles. The largest absolute Gasteiger partial charge is 0.496 e. The van der Waals surface area contributed by atoms with Gasteiger partial charge in [-0.3, -0.25) is 19.7 Å². The van der Waals surface area contributed by atoms with Gasteiger partial charge in [-0.1, -0.05) is 11.6 Å². The van der Waals surface area contributed by atoms with Crippen molar-refractivity contribution in [2.45, 2.75) is 44.7 Å². The predicted octanol–water partition coefficient (Wildman–Crippen LogP) is 5.30. The summed E-state index contributed by atoms with van der Waals surface area (Å²) in [5.41, 5.74) is 0.847. The fraction of sp³-hybridized carbons (Fsp3) is 0.357. The molecule has 2 atom stereocenters. The summed E-state index contributed by atoms with van der Waals surface area (Å²) in [7, 11) is -2.76. The van der Waals surface area contributed by atoms with E-state index in [-0.39, 0.29) is 40.9 Å². The number of nitrogens with zero attached hydrogens (tertiary/aromatic N) is 1. The molecule has 5 rings (SSSR count). The van der Waals surface area contributed by atoms with Gasteiger partial charge in [0.2, 0.25) is 0 Å². The summed E-state index contributed by atoms with van der Waals surface area (Å²) in [5.74, 6) is -1.05. The Bertz CT molecular complexity index is 1610. The lowest BCUT2D eigenvalue weighted by atomic mass is 10.1. The average molecular weight is 632 g/mol. The zero-order chi connectivity index (χ0) is 30.7. The number of carboxylic acids is 1. The number of rotatable bonds is 13. The van der Waals surface area contributed by atoms with E-state index < -0.39 is 25.6 Å². The normalized spacial score (nSPS) is 16.5. The maximum absolute atomic E-state index is 13.5. The molecule has 2 aliphatic rings. The van der Waals surface area contributed by atoms with Crippen molar-refractivity contribution in [3.05, 3.63) is 53.2 Å². The highest BCUT2D eigenvalue weighted by Gasteiger charge is 2.34. The minimum Gasteiger partial charge on any atom is -0.496 e. The first kappa shape index (κ1) is 30.6. The molecule has 0 spiro atoms. The number of pyridine rings is 1. The van der Waals surface area contributed by atoms with Crippen LogP contribution in [0.3, 0.4) is 0 Å². The van der Waals surface area contributed by atoms with E-state index >= 15 is 0 Å². The number of aliphatic carboxylic acids is 1. The summed E-state index contributed by atoms with van der Waals surface area (Å²) in [4.78, 5) is 41.3. The summed E-state index contributed by atoms with van der Waals surface area (Å²) >= 11 is 6.40. The summed E-state index contributed by atoms with van der Waals surface area (Å²) in [6, 6.07) is 7.97. The summed E-state index contributed by atoms with van der Waals surface area (Å²) in [5, 5.41) is 20.3. The van der Waals surface area contributed by atoms with Gasteiger partial charge < -0.3 is 29.7 Å². The van der Waals surface area contributed by atoms with Gasteiger partial charge in [0, 0.05) is 29.8 Å². The van der Waals surface area contributed by atoms with Gasteiger partial charge >= 0.3 is 19.7 Å². The topological polar surface area (TPSA) is 177 Å². The minimum absolute atomic E-state index is 0.00729. The van der Waals surface area contributed by atoms with Crippen LogP contribution >= 0.6 is 19.3 Å². The van der Waals surface area contributed by atoms with Crippen molar-refractivity contribution < 1.29 is 38.1 Å². The van der Waals surface area contributed by atoms with Gasteiger partial charge in [0.05, 0.1) is 35.5 Å². The molecule has 2 saturated carbocycles. The number of urea groups is 1. The molecular weight excluding hydrogens is 601 g/mol. The van der Waals surface area contributed by atoms with E-state index in [4.69, 9.17) is 25.6 Å². The molecule has 2 fully saturated rings. The van der Waals surface area contributed by atoms with Crippen LogP contribution in [0.5, 0.6) is 17.2 Å². The van der Waals surface area contributed by atoms with Crippen LogP contribution in [0.25, 0.3) is 10.9 Å². The Morgan fingerprint density at radius 1 is 1.12 bits per heavy atom. The molecule has 0 saturated heterocycles. The highest BCUT2D eigenvalue weighted by atomic mass is 35.5. The molecular formula is C28H31ClN5O8P. The molecule has 1 aromatic heterocycles. The number of amides is 3. The zero-order valence-electron chi connectivity index (χ0n) is 23.4. The maximum Gasteiger partial charge on any atom is 0.369 e. The number of methoxy groups -OCH3 is 1. The first-order chi connectivity index (χ1) is 20.5. The lowest BCUT2D eigenvalue weighted by molar-refractivity contribution is -0.138. The van der Waals surface area contributed by atoms with Gasteiger partial charge in [-0.15, -0.1) is 0 Å². The van der Waals surface area contributed by atoms with E-state index in [1.165, 1.54) is 32.4 Å². The molecule has 3 amide bonds. The Kier molecular flexibility index (Phi) is 9.07. The Labute approximate surface area is 252 Å². The highest BCUT2D eigenvalue weighted by molar-refractivity contribution is 7.55. The third-order valence-corrected chi connectivity index (χ3v) is 8.82. The number of benzene rings is 2. The number of hydrogen-bond donors (Lipinski definition) is 5. The third kappa shape index (κ3) is 7.94. The van der Waals surface area contributed by atoms with Crippen LogP contribution in [-0.2, 0) is 13.9 Å². The van der Waals surface area contributed by atoms with Crippen LogP contribution in [0, 0.1) is 5.92 Å². The van der Waals surface area contributed by atoms with Crippen molar-refractivity contribution in [2.24, 2.45) is 5.92 Å². The molecule has 2 unspecified atom stereocenters. The molecule has 2 aromatic carbocycles. The molecule has 228 valence electrons. The van der Waals surface area contributed by atoms with Gasteiger partial charge in [0.1, 0.15) is 23.3 Å². The van der Waals surface area contributed by atoms with Crippen molar-refractivity contribution in [2.75, 3.05) is 19.0 Å². The number of carboxylic acid groups (broad SMARTS) is 1. The monoisotopic (exact) mass is 631 g/mol. The van der Waals surface area contributed by atoms with Gasteiger partial charge in [0.25, 0.3) is 5.91 Å². The number of carbonyl (C=O) groups excluding carboxylic acids is 2. The van der Waals surface area contributed by atoms with Gasteiger partial charge in [-0.2, -0.15) is 0 Å². The molecule has 0 radical (unpaired) electrons. The van der Waals surface area contributed by atoms with E-state index in [1.54, 1.807) is 24.3 Å². The maximum atomic E-state index is 13.5. The lowest BCUT2D eigenvalue weighted by Gasteiger charge is -2.23. The molecule has 2 aliphatic carbocycles. The predicted molar refractivity (Wildman–Crippen MR) is 159 cm³/mol. The molecule has 1 heterocycles. The molecule has 15 heteroatoms. The van der Waals surface area contributed by atoms with Gasteiger partial charge in [0.15, 0.2) is 0 Å². The number of aromatic nitrogens is 1. The van der Waals surface area contributed by atoms with Gasteiger partial charge in [-0.25, -0.2) is 14.4 Å². The van der Waals surface area contributed by atoms with Crippen molar-refractivity contribution in [1.82, 2.24) is 20.5 Å². The van der Waals surface area contributed by atoms with E-state index in [1.807, 2.05) is 0 Å².